The van der Waals surface area contributed by atoms with Crippen molar-refractivity contribution < 1.29 is 19.1 Å². The van der Waals surface area contributed by atoms with E-state index in [9.17, 15) is 14.4 Å². The number of carbonyl (C=O) groups is 3. The predicted octanol–water partition coefficient (Wildman–Crippen LogP) is 0.177. The second-order valence-corrected chi connectivity index (χ2v) is 3.85. The number of hydrogen-bond donors (Lipinski definition) is 1. The van der Waals surface area contributed by atoms with Crippen molar-refractivity contribution >= 4 is 17.7 Å². The number of esters is 1. The van der Waals surface area contributed by atoms with Gasteiger partial charge in [0.2, 0.25) is 5.91 Å². The summed E-state index contributed by atoms with van der Waals surface area (Å²) in [7, 11) is 1.29. The fourth-order valence-corrected chi connectivity index (χ4v) is 1.64. The third-order valence-electron chi connectivity index (χ3n) is 2.57. The Morgan fingerprint density at radius 3 is 2.27 bits per heavy atom. The molecule has 5 heteroatoms. The largest absolute Gasteiger partial charge is 0.467 e. The van der Waals surface area contributed by atoms with E-state index in [4.69, 9.17) is 0 Å². The van der Waals surface area contributed by atoms with E-state index in [-0.39, 0.29) is 12.2 Å². The first-order valence-corrected chi connectivity index (χ1v) is 4.89. The van der Waals surface area contributed by atoms with Gasteiger partial charge in [0.25, 0.3) is 0 Å². The molecule has 0 heterocycles. The molecular weight excluding hydrogens is 198 g/mol. The normalized spacial score (nSPS) is 17.5. The molecule has 0 unspecified atom stereocenters. The van der Waals surface area contributed by atoms with Gasteiger partial charge in [0.05, 0.1) is 13.5 Å². The van der Waals surface area contributed by atoms with E-state index in [0.29, 0.717) is 12.8 Å². The molecule has 0 saturated heterocycles. The number of carbonyl (C=O) groups excluding carboxylic acids is 3. The molecule has 15 heavy (non-hydrogen) atoms. The molecule has 5 nitrogen and oxygen atoms in total. The van der Waals surface area contributed by atoms with Gasteiger partial charge in [-0.2, -0.15) is 0 Å². The molecular formula is C10H15NO4. The maximum Gasteiger partial charge on any atom is 0.331 e. The Kier molecular flexibility index (Phi) is 3.44. The van der Waals surface area contributed by atoms with E-state index < -0.39 is 17.4 Å². The first-order valence-electron chi connectivity index (χ1n) is 4.89. The van der Waals surface area contributed by atoms with Crippen LogP contribution in [-0.2, 0) is 19.1 Å². The highest BCUT2D eigenvalue weighted by Crippen LogP contribution is 2.32. The average molecular weight is 213 g/mol. The van der Waals surface area contributed by atoms with Gasteiger partial charge in [-0.05, 0) is 26.2 Å². The van der Waals surface area contributed by atoms with Gasteiger partial charge in [-0.1, -0.05) is 0 Å². The van der Waals surface area contributed by atoms with Gasteiger partial charge in [-0.3, -0.25) is 9.59 Å². The highest BCUT2D eigenvalue weighted by Gasteiger charge is 2.46. The Balaban J connectivity index is 2.57. The minimum absolute atomic E-state index is 0.182. The number of ether oxygens (including phenoxy) is 1. The molecule has 1 fully saturated rings. The summed E-state index contributed by atoms with van der Waals surface area (Å²) < 4.78 is 4.62. The zero-order chi connectivity index (χ0) is 11.5. The van der Waals surface area contributed by atoms with Crippen molar-refractivity contribution in [2.75, 3.05) is 7.11 Å². The molecule has 84 valence electrons. The molecule has 0 bridgehead atoms. The van der Waals surface area contributed by atoms with Crippen LogP contribution in [0.2, 0.25) is 0 Å². The minimum Gasteiger partial charge on any atom is -0.467 e. The molecule has 0 aromatic rings. The molecule has 1 N–H and O–H groups in total. The van der Waals surface area contributed by atoms with E-state index in [1.165, 1.54) is 14.0 Å². The van der Waals surface area contributed by atoms with Crippen LogP contribution in [-0.4, -0.2) is 30.3 Å². The molecule has 1 aliphatic carbocycles. The molecule has 1 aliphatic rings. The molecule has 0 aromatic carbocycles. The SMILES string of the molecule is COC(=O)C1(NC(=O)CC(C)=O)CCC1. The molecule has 1 saturated carbocycles. The van der Waals surface area contributed by atoms with Gasteiger partial charge < -0.3 is 10.1 Å². The molecule has 0 radical (unpaired) electrons. The molecule has 0 aromatic heterocycles. The molecule has 0 aliphatic heterocycles. The Morgan fingerprint density at radius 2 is 1.93 bits per heavy atom. The fourth-order valence-electron chi connectivity index (χ4n) is 1.64. The van der Waals surface area contributed by atoms with E-state index in [2.05, 4.69) is 10.1 Å². The second-order valence-electron chi connectivity index (χ2n) is 3.85. The van der Waals surface area contributed by atoms with Crippen LogP contribution in [0.15, 0.2) is 0 Å². The Morgan fingerprint density at radius 1 is 1.33 bits per heavy atom. The van der Waals surface area contributed by atoms with Gasteiger partial charge in [-0.15, -0.1) is 0 Å². The maximum absolute atomic E-state index is 11.4. The van der Waals surface area contributed by atoms with Crippen LogP contribution in [0.3, 0.4) is 0 Å². The van der Waals surface area contributed by atoms with Gasteiger partial charge >= 0.3 is 5.97 Å². The van der Waals surface area contributed by atoms with Crippen LogP contribution in [0.25, 0.3) is 0 Å². The van der Waals surface area contributed by atoms with E-state index in [1.54, 1.807) is 0 Å². The minimum atomic E-state index is -0.874. The van der Waals surface area contributed by atoms with Gasteiger partial charge in [0, 0.05) is 0 Å². The monoisotopic (exact) mass is 213 g/mol. The van der Waals surface area contributed by atoms with Crippen molar-refractivity contribution in [2.24, 2.45) is 0 Å². The van der Waals surface area contributed by atoms with Crippen LogP contribution < -0.4 is 5.32 Å². The lowest BCUT2D eigenvalue weighted by Crippen LogP contribution is -2.59. The highest BCUT2D eigenvalue weighted by molar-refractivity contribution is 5.99. The summed E-state index contributed by atoms with van der Waals surface area (Å²) in [4.78, 5) is 33.5. The Hall–Kier alpha value is -1.39. The molecule has 1 rings (SSSR count). The quantitative estimate of drug-likeness (QED) is 0.534. The van der Waals surface area contributed by atoms with Gasteiger partial charge in [0.1, 0.15) is 11.3 Å². The van der Waals surface area contributed by atoms with Crippen LogP contribution in [0, 0.1) is 0 Å². The summed E-state index contributed by atoms with van der Waals surface area (Å²) >= 11 is 0. The van der Waals surface area contributed by atoms with E-state index in [0.717, 1.165) is 6.42 Å². The lowest BCUT2D eigenvalue weighted by atomic mass is 9.76. The first-order chi connectivity index (χ1) is 7.00. The number of ketones is 1. The average Bonchev–Trinajstić information content (AvgIpc) is 2.09. The molecule has 0 spiro atoms. The molecule has 0 atom stereocenters. The van der Waals surface area contributed by atoms with Gasteiger partial charge in [-0.25, -0.2) is 4.79 Å². The topological polar surface area (TPSA) is 72.5 Å². The zero-order valence-electron chi connectivity index (χ0n) is 8.96. The van der Waals surface area contributed by atoms with Crippen LogP contribution in [0.4, 0.5) is 0 Å². The van der Waals surface area contributed by atoms with Crippen LogP contribution in [0.1, 0.15) is 32.6 Å². The van der Waals surface area contributed by atoms with Crippen molar-refractivity contribution in [1.82, 2.24) is 5.32 Å². The van der Waals surface area contributed by atoms with Crippen molar-refractivity contribution in [3.8, 4) is 0 Å². The van der Waals surface area contributed by atoms with Crippen LogP contribution in [0.5, 0.6) is 0 Å². The first kappa shape index (κ1) is 11.7. The summed E-state index contributed by atoms with van der Waals surface area (Å²) in [6.45, 7) is 1.34. The summed E-state index contributed by atoms with van der Waals surface area (Å²) in [5.74, 6) is -1.05. The number of amides is 1. The van der Waals surface area contributed by atoms with Crippen molar-refractivity contribution in [3.05, 3.63) is 0 Å². The molecule has 1 amide bonds. The van der Waals surface area contributed by atoms with Gasteiger partial charge in [0.15, 0.2) is 0 Å². The number of methoxy groups -OCH3 is 1. The summed E-state index contributed by atoms with van der Waals surface area (Å²) in [6, 6.07) is 0. The fraction of sp³-hybridized carbons (Fsp3) is 0.700. The van der Waals surface area contributed by atoms with E-state index in [1.807, 2.05) is 0 Å². The third-order valence-corrected chi connectivity index (χ3v) is 2.57. The lowest BCUT2D eigenvalue weighted by Gasteiger charge is -2.39. The number of Topliss-reactive ketones (excluding diaryl/α,β-unsaturated/α-hetero) is 1. The Bertz CT molecular complexity index is 294. The number of rotatable bonds is 4. The van der Waals surface area contributed by atoms with Crippen molar-refractivity contribution in [2.45, 2.75) is 38.1 Å². The summed E-state index contributed by atoms with van der Waals surface area (Å²) in [5, 5.41) is 2.58. The Labute approximate surface area is 88.2 Å². The van der Waals surface area contributed by atoms with Crippen molar-refractivity contribution in [1.29, 1.82) is 0 Å². The highest BCUT2D eigenvalue weighted by atomic mass is 16.5. The maximum atomic E-state index is 11.4. The smallest absolute Gasteiger partial charge is 0.331 e. The standard InChI is InChI=1S/C10H15NO4/c1-7(12)6-8(13)11-10(4-3-5-10)9(14)15-2/h3-6H2,1-2H3,(H,11,13). The second kappa shape index (κ2) is 4.42. The summed E-state index contributed by atoms with van der Waals surface area (Å²) in [5.41, 5.74) is -0.874. The zero-order valence-corrected chi connectivity index (χ0v) is 8.96. The lowest BCUT2D eigenvalue weighted by molar-refractivity contribution is -0.155. The summed E-state index contributed by atoms with van der Waals surface area (Å²) in [6.07, 6.45) is 1.88. The number of hydrogen-bond acceptors (Lipinski definition) is 4. The van der Waals surface area contributed by atoms with Crippen molar-refractivity contribution in [3.63, 3.8) is 0 Å². The third kappa shape index (κ3) is 2.55. The predicted molar refractivity (Wildman–Crippen MR) is 52.0 cm³/mol. The van der Waals surface area contributed by atoms with E-state index >= 15 is 0 Å². The van der Waals surface area contributed by atoms with Crippen LogP contribution >= 0.6 is 0 Å². The number of nitrogens with one attached hydrogen (secondary N) is 1.